The molecule has 0 radical (unpaired) electrons. The van der Waals surface area contributed by atoms with Gasteiger partial charge in [0.25, 0.3) is 0 Å². The van der Waals surface area contributed by atoms with E-state index in [1.165, 1.54) is 5.56 Å². The molecule has 0 heterocycles. The normalized spacial score (nSPS) is 10.3. The van der Waals surface area contributed by atoms with Crippen LogP contribution in [0.5, 0.6) is 0 Å². The topological polar surface area (TPSA) is 47.6 Å². The van der Waals surface area contributed by atoms with E-state index >= 15 is 0 Å². The molecule has 0 spiro atoms. The van der Waals surface area contributed by atoms with Crippen molar-refractivity contribution < 1.29 is 14.3 Å². The molecule has 1 amide bonds. The van der Waals surface area contributed by atoms with E-state index in [9.17, 15) is 4.79 Å². The van der Waals surface area contributed by atoms with Crippen molar-refractivity contribution in [2.45, 2.75) is 13.8 Å². The van der Waals surface area contributed by atoms with Crippen LogP contribution in [0.15, 0.2) is 18.2 Å². The number of carbonyl (C=O) groups excluding carboxylic acids is 1. The molecule has 0 aliphatic heterocycles. The summed E-state index contributed by atoms with van der Waals surface area (Å²) in [6, 6.07) is 5.90. The van der Waals surface area contributed by atoms with Gasteiger partial charge in [-0.25, -0.2) is 0 Å². The van der Waals surface area contributed by atoms with Crippen LogP contribution >= 0.6 is 0 Å². The number of benzene rings is 1. The van der Waals surface area contributed by atoms with E-state index in [0.717, 1.165) is 11.3 Å². The number of aryl methyl sites for hydroxylation is 2. The Hall–Kier alpha value is -1.39. The van der Waals surface area contributed by atoms with E-state index in [0.29, 0.717) is 13.2 Å². The largest absolute Gasteiger partial charge is 0.382 e. The predicted octanol–water partition coefficient (Wildman–Crippen LogP) is 1.90. The molecule has 0 aliphatic carbocycles. The third kappa shape index (κ3) is 4.97. The lowest BCUT2D eigenvalue weighted by Gasteiger charge is -2.09. The predicted molar refractivity (Wildman–Crippen MR) is 67.2 cm³/mol. The molecule has 0 atom stereocenters. The molecule has 1 aromatic carbocycles. The molecule has 0 unspecified atom stereocenters. The van der Waals surface area contributed by atoms with Gasteiger partial charge in [0.1, 0.15) is 6.61 Å². The van der Waals surface area contributed by atoms with Gasteiger partial charge in [-0.2, -0.15) is 0 Å². The van der Waals surface area contributed by atoms with Crippen LogP contribution in [-0.4, -0.2) is 32.8 Å². The van der Waals surface area contributed by atoms with Gasteiger partial charge in [0, 0.05) is 12.8 Å². The van der Waals surface area contributed by atoms with Crippen LogP contribution in [0, 0.1) is 13.8 Å². The van der Waals surface area contributed by atoms with Crippen LogP contribution in [0.1, 0.15) is 11.1 Å². The number of hydrogen-bond acceptors (Lipinski definition) is 3. The van der Waals surface area contributed by atoms with Crippen LogP contribution in [-0.2, 0) is 14.3 Å². The highest BCUT2D eigenvalue weighted by molar-refractivity contribution is 5.92. The maximum Gasteiger partial charge on any atom is 0.250 e. The molecule has 1 aromatic rings. The summed E-state index contributed by atoms with van der Waals surface area (Å²) < 4.78 is 9.95. The standard InChI is InChI=1S/C13H19NO3/c1-10-4-5-12(11(2)8-10)14-13(15)9-17-7-6-16-3/h4-5,8H,6-7,9H2,1-3H3,(H,14,15). The number of anilines is 1. The maximum absolute atomic E-state index is 11.5. The Morgan fingerprint density at radius 2 is 2.06 bits per heavy atom. The summed E-state index contributed by atoms with van der Waals surface area (Å²) in [6.45, 7) is 4.96. The van der Waals surface area contributed by atoms with Gasteiger partial charge >= 0.3 is 0 Å². The monoisotopic (exact) mass is 237 g/mol. The quantitative estimate of drug-likeness (QED) is 0.769. The van der Waals surface area contributed by atoms with Gasteiger partial charge in [-0.15, -0.1) is 0 Å². The SMILES string of the molecule is COCCOCC(=O)Nc1ccc(C)cc1C. The third-order valence-electron chi connectivity index (χ3n) is 2.32. The van der Waals surface area contributed by atoms with Gasteiger partial charge in [-0.3, -0.25) is 4.79 Å². The van der Waals surface area contributed by atoms with Crippen molar-refractivity contribution in [2.75, 3.05) is 32.2 Å². The first kappa shape index (κ1) is 13.7. The minimum absolute atomic E-state index is 0.0523. The Bertz CT molecular complexity index is 377. The molecule has 0 saturated carbocycles. The molecule has 4 heteroatoms. The van der Waals surface area contributed by atoms with Crippen molar-refractivity contribution >= 4 is 11.6 Å². The van der Waals surface area contributed by atoms with Crippen molar-refractivity contribution in [1.29, 1.82) is 0 Å². The van der Waals surface area contributed by atoms with E-state index in [2.05, 4.69) is 5.32 Å². The van der Waals surface area contributed by atoms with Gasteiger partial charge in [-0.1, -0.05) is 17.7 Å². The van der Waals surface area contributed by atoms with Crippen LogP contribution in [0.4, 0.5) is 5.69 Å². The van der Waals surface area contributed by atoms with Crippen molar-refractivity contribution in [3.8, 4) is 0 Å². The zero-order valence-corrected chi connectivity index (χ0v) is 10.6. The molecule has 0 saturated heterocycles. The maximum atomic E-state index is 11.5. The summed E-state index contributed by atoms with van der Waals surface area (Å²) in [5, 5.41) is 2.81. The fourth-order valence-corrected chi connectivity index (χ4v) is 1.45. The highest BCUT2D eigenvalue weighted by atomic mass is 16.5. The van der Waals surface area contributed by atoms with Gasteiger partial charge in [0.2, 0.25) is 5.91 Å². The van der Waals surface area contributed by atoms with Crippen molar-refractivity contribution in [2.24, 2.45) is 0 Å². The van der Waals surface area contributed by atoms with E-state index in [4.69, 9.17) is 9.47 Å². The Labute approximate surface area is 102 Å². The van der Waals surface area contributed by atoms with Crippen molar-refractivity contribution in [3.63, 3.8) is 0 Å². The highest BCUT2D eigenvalue weighted by Gasteiger charge is 2.04. The number of rotatable bonds is 6. The molecule has 4 nitrogen and oxygen atoms in total. The molecular weight excluding hydrogens is 218 g/mol. The summed E-state index contributed by atoms with van der Waals surface area (Å²) in [4.78, 5) is 11.5. The fourth-order valence-electron chi connectivity index (χ4n) is 1.45. The lowest BCUT2D eigenvalue weighted by atomic mass is 10.1. The van der Waals surface area contributed by atoms with E-state index < -0.39 is 0 Å². The summed E-state index contributed by atoms with van der Waals surface area (Å²) >= 11 is 0. The Morgan fingerprint density at radius 1 is 1.29 bits per heavy atom. The first-order valence-corrected chi connectivity index (χ1v) is 5.57. The number of amides is 1. The van der Waals surface area contributed by atoms with Gasteiger partial charge in [0.05, 0.1) is 13.2 Å². The molecule has 17 heavy (non-hydrogen) atoms. The van der Waals surface area contributed by atoms with Crippen LogP contribution in [0.3, 0.4) is 0 Å². The minimum atomic E-state index is -0.145. The van der Waals surface area contributed by atoms with Crippen LogP contribution in [0.2, 0.25) is 0 Å². The minimum Gasteiger partial charge on any atom is -0.382 e. The second-order valence-electron chi connectivity index (χ2n) is 3.91. The molecule has 0 fully saturated rings. The Balaban J connectivity index is 2.40. The Morgan fingerprint density at radius 3 is 2.71 bits per heavy atom. The number of hydrogen-bond donors (Lipinski definition) is 1. The summed E-state index contributed by atoms with van der Waals surface area (Å²) in [7, 11) is 1.60. The lowest BCUT2D eigenvalue weighted by Crippen LogP contribution is -2.20. The number of methoxy groups -OCH3 is 1. The van der Waals surface area contributed by atoms with E-state index in [1.807, 2.05) is 32.0 Å². The van der Waals surface area contributed by atoms with E-state index in [-0.39, 0.29) is 12.5 Å². The first-order chi connectivity index (χ1) is 8.13. The average molecular weight is 237 g/mol. The smallest absolute Gasteiger partial charge is 0.250 e. The molecular formula is C13H19NO3. The summed E-state index contributed by atoms with van der Waals surface area (Å²) in [6.07, 6.45) is 0. The van der Waals surface area contributed by atoms with Crippen molar-refractivity contribution in [1.82, 2.24) is 0 Å². The molecule has 0 aromatic heterocycles. The third-order valence-corrected chi connectivity index (χ3v) is 2.32. The summed E-state index contributed by atoms with van der Waals surface area (Å²) in [5.74, 6) is -0.145. The fraction of sp³-hybridized carbons (Fsp3) is 0.462. The second kappa shape index (κ2) is 7.04. The van der Waals surface area contributed by atoms with Crippen LogP contribution < -0.4 is 5.32 Å². The molecule has 94 valence electrons. The molecule has 1 N–H and O–H groups in total. The van der Waals surface area contributed by atoms with Crippen molar-refractivity contribution in [3.05, 3.63) is 29.3 Å². The molecule has 0 aliphatic rings. The van der Waals surface area contributed by atoms with Gasteiger partial charge < -0.3 is 14.8 Å². The number of nitrogens with one attached hydrogen (secondary N) is 1. The van der Waals surface area contributed by atoms with E-state index in [1.54, 1.807) is 7.11 Å². The number of ether oxygens (including phenoxy) is 2. The highest BCUT2D eigenvalue weighted by Crippen LogP contribution is 2.15. The van der Waals surface area contributed by atoms with Crippen LogP contribution in [0.25, 0.3) is 0 Å². The lowest BCUT2D eigenvalue weighted by molar-refractivity contribution is -0.121. The zero-order chi connectivity index (χ0) is 12.7. The van der Waals surface area contributed by atoms with Gasteiger partial charge in [-0.05, 0) is 25.5 Å². The summed E-state index contributed by atoms with van der Waals surface area (Å²) in [5.41, 5.74) is 3.06. The molecule has 0 bridgehead atoms. The number of carbonyl (C=O) groups is 1. The molecule has 1 rings (SSSR count). The Kier molecular flexibility index (Phi) is 5.66. The zero-order valence-electron chi connectivity index (χ0n) is 10.6. The second-order valence-corrected chi connectivity index (χ2v) is 3.91. The average Bonchev–Trinajstić information content (AvgIpc) is 2.28. The first-order valence-electron chi connectivity index (χ1n) is 5.57. The van der Waals surface area contributed by atoms with Gasteiger partial charge in [0.15, 0.2) is 0 Å².